The number of aryl methyl sites for hydroxylation is 4. The first kappa shape index (κ1) is 16.9. The zero-order valence-corrected chi connectivity index (χ0v) is 15.8. The first-order valence-electron chi connectivity index (χ1n) is 9.40. The summed E-state index contributed by atoms with van der Waals surface area (Å²) >= 11 is 0. The van der Waals surface area contributed by atoms with Gasteiger partial charge < -0.3 is 5.11 Å². The summed E-state index contributed by atoms with van der Waals surface area (Å²) in [4.78, 5) is 0. The molecule has 0 aliphatic heterocycles. The van der Waals surface area contributed by atoms with E-state index in [-0.39, 0.29) is 5.54 Å². The van der Waals surface area contributed by atoms with Gasteiger partial charge in [-0.2, -0.15) is 5.10 Å². The van der Waals surface area contributed by atoms with Gasteiger partial charge in [0.2, 0.25) is 0 Å². The van der Waals surface area contributed by atoms with Crippen LogP contribution in [0.1, 0.15) is 43.0 Å². The molecule has 2 aromatic carbocycles. The Morgan fingerprint density at radius 1 is 0.808 bits per heavy atom. The number of aromatic nitrogens is 2. The van der Waals surface area contributed by atoms with Crippen molar-refractivity contribution in [3.63, 3.8) is 0 Å². The van der Waals surface area contributed by atoms with Crippen molar-refractivity contribution in [2.45, 2.75) is 52.0 Å². The lowest BCUT2D eigenvalue weighted by molar-refractivity contribution is 0.356. The summed E-state index contributed by atoms with van der Waals surface area (Å²) in [7, 11) is 0. The number of hydrogen-bond acceptors (Lipinski definition) is 2. The second-order valence-electron chi connectivity index (χ2n) is 8.24. The van der Waals surface area contributed by atoms with E-state index in [1.54, 1.807) is 0 Å². The Bertz CT molecular complexity index is 930. The minimum absolute atomic E-state index is 0.0757. The van der Waals surface area contributed by atoms with Crippen LogP contribution in [0.3, 0.4) is 0 Å². The third-order valence-corrected chi connectivity index (χ3v) is 5.27. The van der Waals surface area contributed by atoms with Crippen LogP contribution in [0, 0.1) is 0 Å². The van der Waals surface area contributed by atoms with Crippen LogP contribution >= 0.6 is 0 Å². The lowest BCUT2D eigenvalue weighted by Crippen LogP contribution is -2.22. The minimum Gasteiger partial charge on any atom is -0.507 e. The van der Waals surface area contributed by atoms with E-state index in [1.807, 2.05) is 16.9 Å². The molecule has 0 atom stereocenters. The molecular formula is C23H26N2O. The van der Waals surface area contributed by atoms with Crippen LogP contribution in [0.5, 0.6) is 5.75 Å². The van der Waals surface area contributed by atoms with Gasteiger partial charge in [0.05, 0.1) is 11.2 Å². The summed E-state index contributed by atoms with van der Waals surface area (Å²) in [5, 5.41) is 15.8. The molecule has 0 fully saturated rings. The maximum absolute atomic E-state index is 11.0. The van der Waals surface area contributed by atoms with Crippen molar-refractivity contribution in [3.8, 4) is 17.0 Å². The van der Waals surface area contributed by atoms with E-state index in [2.05, 4.69) is 57.2 Å². The second-order valence-corrected chi connectivity index (χ2v) is 8.24. The van der Waals surface area contributed by atoms with Gasteiger partial charge in [0.25, 0.3) is 0 Å². The number of phenols is 1. The second kappa shape index (κ2) is 6.31. The number of rotatable bonds is 1. The Labute approximate surface area is 155 Å². The Morgan fingerprint density at radius 2 is 1.38 bits per heavy atom. The molecule has 4 aliphatic carbocycles. The maximum Gasteiger partial charge on any atom is 0.128 e. The third kappa shape index (κ3) is 3.14. The molecule has 26 heavy (non-hydrogen) atoms. The average Bonchev–Trinajstić information content (AvgIpc) is 3.08. The standard InChI is InChI=1S/C23H26N2O/c1-23(2,3)25-15-14-20(24-25)21-18-10-8-16-4-6-17(7-5-16)9-11-19(13-12-18)22(21)26/h4-7,12-15,26H,8-11H2,1-3H3. The summed E-state index contributed by atoms with van der Waals surface area (Å²) < 4.78 is 1.97. The van der Waals surface area contributed by atoms with Crippen molar-refractivity contribution in [2.75, 3.05) is 0 Å². The topological polar surface area (TPSA) is 38.0 Å². The molecule has 0 amide bonds. The molecule has 1 aromatic heterocycles. The molecule has 4 aliphatic rings. The summed E-state index contributed by atoms with van der Waals surface area (Å²) in [6.07, 6.45) is 5.63. The Balaban J connectivity index is 1.81. The lowest BCUT2D eigenvalue weighted by atomic mass is 9.91. The molecule has 0 unspecified atom stereocenters. The molecule has 0 saturated heterocycles. The van der Waals surface area contributed by atoms with E-state index in [9.17, 15) is 5.11 Å². The largest absolute Gasteiger partial charge is 0.507 e. The smallest absolute Gasteiger partial charge is 0.128 e. The molecule has 0 radical (unpaired) electrons. The number of hydrogen-bond donors (Lipinski definition) is 1. The van der Waals surface area contributed by atoms with Gasteiger partial charge in [-0.25, -0.2) is 0 Å². The zero-order chi connectivity index (χ0) is 18.3. The fraction of sp³-hybridized carbons (Fsp3) is 0.348. The molecule has 0 saturated carbocycles. The lowest BCUT2D eigenvalue weighted by Gasteiger charge is -2.19. The van der Waals surface area contributed by atoms with Gasteiger partial charge in [0.1, 0.15) is 5.75 Å². The molecule has 4 bridgehead atoms. The molecular weight excluding hydrogens is 320 g/mol. The molecule has 0 spiro atoms. The number of nitrogens with zero attached hydrogens (tertiary/aromatic N) is 2. The fourth-order valence-corrected chi connectivity index (χ4v) is 3.63. The Hall–Kier alpha value is -2.55. The van der Waals surface area contributed by atoms with Crippen molar-refractivity contribution in [3.05, 3.63) is 70.9 Å². The normalized spacial score (nSPS) is 14.3. The molecule has 7 rings (SSSR count). The van der Waals surface area contributed by atoms with Gasteiger partial charge in [-0.15, -0.1) is 0 Å². The molecule has 1 N–H and O–H groups in total. The van der Waals surface area contributed by atoms with Crippen LogP contribution < -0.4 is 0 Å². The van der Waals surface area contributed by atoms with Crippen molar-refractivity contribution >= 4 is 0 Å². The molecule has 134 valence electrons. The van der Waals surface area contributed by atoms with Crippen LogP contribution in [0.2, 0.25) is 0 Å². The predicted molar refractivity (Wildman–Crippen MR) is 106 cm³/mol. The van der Waals surface area contributed by atoms with Crippen LogP contribution in [-0.4, -0.2) is 14.9 Å². The van der Waals surface area contributed by atoms with E-state index in [0.29, 0.717) is 5.75 Å². The van der Waals surface area contributed by atoms with E-state index >= 15 is 0 Å². The van der Waals surface area contributed by atoms with Crippen molar-refractivity contribution in [2.24, 2.45) is 0 Å². The minimum atomic E-state index is -0.0757. The average molecular weight is 346 g/mol. The van der Waals surface area contributed by atoms with Crippen LogP contribution in [-0.2, 0) is 31.2 Å². The quantitative estimate of drug-likeness (QED) is 0.681. The zero-order valence-electron chi connectivity index (χ0n) is 15.8. The van der Waals surface area contributed by atoms with Gasteiger partial charge in [-0.05, 0) is 74.8 Å². The van der Waals surface area contributed by atoms with Crippen LogP contribution in [0.15, 0.2) is 48.7 Å². The summed E-state index contributed by atoms with van der Waals surface area (Å²) in [6, 6.07) is 15.2. The number of benzene rings is 2. The highest BCUT2D eigenvalue weighted by Gasteiger charge is 2.20. The monoisotopic (exact) mass is 346 g/mol. The van der Waals surface area contributed by atoms with E-state index in [0.717, 1.165) is 48.1 Å². The third-order valence-electron chi connectivity index (χ3n) is 5.27. The Morgan fingerprint density at radius 3 is 1.96 bits per heavy atom. The SMILES string of the molecule is CC(C)(C)n1ccc(-c2c3ccc(c2O)CCc2ccc(cc2)CC3)n1. The van der Waals surface area contributed by atoms with Crippen LogP contribution in [0.4, 0.5) is 0 Å². The van der Waals surface area contributed by atoms with Crippen molar-refractivity contribution in [1.29, 1.82) is 0 Å². The highest BCUT2D eigenvalue weighted by atomic mass is 16.3. The van der Waals surface area contributed by atoms with E-state index in [4.69, 9.17) is 5.10 Å². The van der Waals surface area contributed by atoms with Gasteiger partial charge in [0.15, 0.2) is 0 Å². The predicted octanol–water partition coefficient (Wildman–Crippen LogP) is 4.89. The van der Waals surface area contributed by atoms with Gasteiger partial charge in [0, 0.05) is 11.8 Å². The number of aromatic hydroxyl groups is 1. The van der Waals surface area contributed by atoms with E-state index in [1.165, 1.54) is 11.1 Å². The number of phenolic OH excluding ortho intramolecular Hbond substituents is 1. The van der Waals surface area contributed by atoms with Gasteiger partial charge >= 0.3 is 0 Å². The molecule has 3 nitrogen and oxygen atoms in total. The highest BCUT2D eigenvalue weighted by molar-refractivity contribution is 5.72. The highest BCUT2D eigenvalue weighted by Crippen LogP contribution is 2.37. The van der Waals surface area contributed by atoms with Crippen molar-refractivity contribution < 1.29 is 5.11 Å². The van der Waals surface area contributed by atoms with Gasteiger partial charge in [-0.3, -0.25) is 4.68 Å². The van der Waals surface area contributed by atoms with Crippen LogP contribution in [0.25, 0.3) is 11.3 Å². The summed E-state index contributed by atoms with van der Waals surface area (Å²) in [5.74, 6) is 0.400. The molecule has 1 heterocycles. The van der Waals surface area contributed by atoms with E-state index < -0.39 is 0 Å². The maximum atomic E-state index is 11.0. The Kier molecular flexibility index (Phi) is 4.10. The molecule has 3 heteroatoms. The van der Waals surface area contributed by atoms with Crippen molar-refractivity contribution in [1.82, 2.24) is 9.78 Å². The first-order valence-corrected chi connectivity index (χ1v) is 9.40. The molecule has 3 aromatic rings. The summed E-state index contributed by atoms with van der Waals surface area (Å²) in [6.45, 7) is 6.41. The fourth-order valence-electron chi connectivity index (χ4n) is 3.63. The summed E-state index contributed by atoms with van der Waals surface area (Å²) in [5.41, 5.74) is 6.50. The van der Waals surface area contributed by atoms with Gasteiger partial charge in [-0.1, -0.05) is 36.4 Å². The first-order chi connectivity index (χ1) is 12.4.